The molecule has 94 valence electrons. The molecule has 0 fully saturated rings. The number of amides is 1. The number of nitrogens with two attached hydrogens (primary N) is 1. The first kappa shape index (κ1) is 12.4. The molecule has 1 amide bonds. The van der Waals surface area contributed by atoms with E-state index in [9.17, 15) is 4.79 Å². The number of furan rings is 1. The molecule has 1 atom stereocenters. The molecule has 0 bridgehead atoms. The number of benzene rings is 1. The van der Waals surface area contributed by atoms with Crippen LogP contribution >= 0.6 is 0 Å². The van der Waals surface area contributed by atoms with Crippen LogP contribution in [-0.2, 0) is 11.2 Å². The summed E-state index contributed by atoms with van der Waals surface area (Å²) in [5.74, 6) is 0.677. The molecule has 1 aromatic heterocycles. The van der Waals surface area contributed by atoms with Crippen molar-refractivity contribution in [3.63, 3.8) is 0 Å². The third-order valence-corrected chi connectivity index (χ3v) is 2.69. The zero-order chi connectivity index (χ0) is 12.8. The first-order valence-electron chi connectivity index (χ1n) is 5.88. The van der Waals surface area contributed by atoms with E-state index in [1.54, 1.807) is 6.26 Å². The molecule has 0 aliphatic carbocycles. The summed E-state index contributed by atoms with van der Waals surface area (Å²) in [7, 11) is 0. The lowest BCUT2D eigenvalue weighted by atomic mass is 10.1. The van der Waals surface area contributed by atoms with Gasteiger partial charge in [-0.05, 0) is 17.7 Å². The molecule has 2 rings (SSSR count). The molecule has 2 aromatic rings. The highest BCUT2D eigenvalue weighted by Crippen LogP contribution is 2.09. The molecule has 0 aliphatic heterocycles. The first-order chi connectivity index (χ1) is 8.77. The summed E-state index contributed by atoms with van der Waals surface area (Å²) in [4.78, 5) is 11.8. The second-order valence-corrected chi connectivity index (χ2v) is 4.01. The fourth-order valence-corrected chi connectivity index (χ4v) is 1.69. The normalized spacial score (nSPS) is 12.1. The molecule has 0 saturated heterocycles. The van der Waals surface area contributed by atoms with Crippen LogP contribution in [0.15, 0.2) is 53.1 Å². The van der Waals surface area contributed by atoms with E-state index in [-0.39, 0.29) is 5.91 Å². The average molecular weight is 244 g/mol. The van der Waals surface area contributed by atoms with Gasteiger partial charge in [0.15, 0.2) is 0 Å². The quantitative estimate of drug-likeness (QED) is 0.840. The predicted octanol–water partition coefficient (Wildman–Crippen LogP) is 1.64. The molecule has 0 radical (unpaired) electrons. The summed E-state index contributed by atoms with van der Waals surface area (Å²) in [6, 6.07) is 12.4. The van der Waals surface area contributed by atoms with E-state index in [2.05, 4.69) is 5.32 Å². The fourth-order valence-electron chi connectivity index (χ4n) is 1.69. The van der Waals surface area contributed by atoms with E-state index in [1.807, 2.05) is 42.5 Å². The molecule has 0 saturated carbocycles. The van der Waals surface area contributed by atoms with Crippen LogP contribution in [0.1, 0.15) is 17.4 Å². The first-order valence-corrected chi connectivity index (χ1v) is 5.88. The number of rotatable bonds is 5. The maximum atomic E-state index is 11.8. The Morgan fingerprint density at radius 3 is 2.67 bits per heavy atom. The Balaban J connectivity index is 1.81. The minimum Gasteiger partial charge on any atom is -0.469 e. The summed E-state index contributed by atoms with van der Waals surface area (Å²) >= 11 is 0. The highest BCUT2D eigenvalue weighted by atomic mass is 16.3. The highest BCUT2D eigenvalue weighted by Gasteiger charge is 2.14. The van der Waals surface area contributed by atoms with Gasteiger partial charge in [-0.25, -0.2) is 0 Å². The van der Waals surface area contributed by atoms with Gasteiger partial charge in [0.25, 0.3) is 0 Å². The van der Waals surface area contributed by atoms with Gasteiger partial charge in [-0.1, -0.05) is 30.3 Å². The average Bonchev–Trinajstić information content (AvgIpc) is 2.92. The summed E-state index contributed by atoms with van der Waals surface area (Å²) < 4.78 is 5.18. The van der Waals surface area contributed by atoms with Gasteiger partial charge in [0.2, 0.25) is 5.91 Å². The van der Waals surface area contributed by atoms with Gasteiger partial charge in [0, 0.05) is 13.0 Å². The Morgan fingerprint density at radius 2 is 2.00 bits per heavy atom. The molecular formula is C14H16N2O2. The summed E-state index contributed by atoms with van der Waals surface area (Å²) in [6.45, 7) is 0.521. The summed E-state index contributed by atoms with van der Waals surface area (Å²) in [6.07, 6.45) is 2.28. The number of carbonyl (C=O) groups is 1. The molecule has 18 heavy (non-hydrogen) atoms. The van der Waals surface area contributed by atoms with Crippen LogP contribution in [0.4, 0.5) is 0 Å². The largest absolute Gasteiger partial charge is 0.469 e. The van der Waals surface area contributed by atoms with Crippen LogP contribution in [-0.4, -0.2) is 12.5 Å². The Bertz CT molecular complexity index is 480. The van der Waals surface area contributed by atoms with E-state index < -0.39 is 6.04 Å². The molecule has 4 heteroatoms. The van der Waals surface area contributed by atoms with Crippen LogP contribution in [0.3, 0.4) is 0 Å². The standard InChI is InChI=1S/C14H16N2O2/c15-13(11-5-2-1-3-6-11)14(17)16-9-8-12-7-4-10-18-12/h1-7,10,13H,8-9,15H2,(H,16,17)/t13-/m0/s1. The van der Waals surface area contributed by atoms with Crippen molar-refractivity contribution in [3.05, 3.63) is 60.1 Å². The van der Waals surface area contributed by atoms with Crippen molar-refractivity contribution in [1.29, 1.82) is 0 Å². The Hall–Kier alpha value is -2.07. The van der Waals surface area contributed by atoms with Gasteiger partial charge >= 0.3 is 0 Å². The molecule has 4 nitrogen and oxygen atoms in total. The van der Waals surface area contributed by atoms with Gasteiger partial charge < -0.3 is 15.5 Å². The van der Waals surface area contributed by atoms with Crippen LogP contribution in [0.2, 0.25) is 0 Å². The molecule has 3 N–H and O–H groups in total. The molecular weight excluding hydrogens is 228 g/mol. The van der Waals surface area contributed by atoms with E-state index in [0.717, 1.165) is 11.3 Å². The SMILES string of the molecule is N[C@H](C(=O)NCCc1ccco1)c1ccccc1. The number of carbonyl (C=O) groups excluding carboxylic acids is 1. The van der Waals surface area contributed by atoms with Crippen molar-refractivity contribution in [2.45, 2.75) is 12.5 Å². The minimum absolute atomic E-state index is 0.173. The van der Waals surface area contributed by atoms with E-state index in [0.29, 0.717) is 13.0 Å². The van der Waals surface area contributed by atoms with E-state index >= 15 is 0 Å². The molecule has 0 spiro atoms. The predicted molar refractivity (Wildman–Crippen MR) is 68.8 cm³/mol. The lowest BCUT2D eigenvalue weighted by molar-refractivity contribution is -0.122. The van der Waals surface area contributed by atoms with Crippen LogP contribution in [0.5, 0.6) is 0 Å². The fraction of sp³-hybridized carbons (Fsp3) is 0.214. The summed E-state index contributed by atoms with van der Waals surface area (Å²) in [5.41, 5.74) is 6.68. The molecule has 1 aromatic carbocycles. The maximum absolute atomic E-state index is 11.8. The molecule has 0 unspecified atom stereocenters. The monoisotopic (exact) mass is 244 g/mol. The lowest BCUT2D eigenvalue weighted by Gasteiger charge is -2.11. The second-order valence-electron chi connectivity index (χ2n) is 4.01. The van der Waals surface area contributed by atoms with Crippen molar-refractivity contribution in [3.8, 4) is 0 Å². The van der Waals surface area contributed by atoms with Crippen LogP contribution in [0.25, 0.3) is 0 Å². The van der Waals surface area contributed by atoms with Crippen molar-refractivity contribution < 1.29 is 9.21 Å². The Morgan fingerprint density at radius 1 is 1.22 bits per heavy atom. The zero-order valence-electron chi connectivity index (χ0n) is 10.0. The molecule has 1 heterocycles. The third-order valence-electron chi connectivity index (χ3n) is 2.69. The van der Waals surface area contributed by atoms with Crippen molar-refractivity contribution in [2.24, 2.45) is 5.73 Å². The van der Waals surface area contributed by atoms with E-state index in [4.69, 9.17) is 10.2 Å². The smallest absolute Gasteiger partial charge is 0.241 e. The molecule has 0 aliphatic rings. The van der Waals surface area contributed by atoms with Crippen molar-refractivity contribution in [2.75, 3.05) is 6.54 Å². The number of hydrogen-bond donors (Lipinski definition) is 2. The van der Waals surface area contributed by atoms with Crippen molar-refractivity contribution >= 4 is 5.91 Å². The number of hydrogen-bond acceptors (Lipinski definition) is 3. The summed E-state index contributed by atoms with van der Waals surface area (Å²) in [5, 5.41) is 2.80. The van der Waals surface area contributed by atoms with Gasteiger partial charge in [-0.2, -0.15) is 0 Å². The van der Waals surface area contributed by atoms with E-state index in [1.165, 1.54) is 0 Å². The van der Waals surface area contributed by atoms with Gasteiger partial charge in [-0.15, -0.1) is 0 Å². The maximum Gasteiger partial charge on any atom is 0.241 e. The zero-order valence-corrected chi connectivity index (χ0v) is 10.0. The topological polar surface area (TPSA) is 68.3 Å². The van der Waals surface area contributed by atoms with Gasteiger partial charge in [-0.3, -0.25) is 4.79 Å². The second kappa shape index (κ2) is 6.02. The van der Waals surface area contributed by atoms with Gasteiger partial charge in [0.1, 0.15) is 11.8 Å². The van der Waals surface area contributed by atoms with Crippen LogP contribution in [0, 0.1) is 0 Å². The van der Waals surface area contributed by atoms with Crippen molar-refractivity contribution in [1.82, 2.24) is 5.32 Å². The Labute approximate surface area is 106 Å². The lowest BCUT2D eigenvalue weighted by Crippen LogP contribution is -2.35. The highest BCUT2D eigenvalue weighted by molar-refractivity contribution is 5.82. The minimum atomic E-state index is -0.622. The van der Waals surface area contributed by atoms with Gasteiger partial charge in [0.05, 0.1) is 6.26 Å². The third kappa shape index (κ3) is 3.21. The Kier molecular flexibility index (Phi) is 4.15. The van der Waals surface area contributed by atoms with Crippen LogP contribution < -0.4 is 11.1 Å². The number of nitrogens with one attached hydrogen (secondary N) is 1.